The summed E-state index contributed by atoms with van der Waals surface area (Å²) in [5.41, 5.74) is 1.84. The van der Waals surface area contributed by atoms with E-state index in [0.29, 0.717) is 5.92 Å². The molecule has 1 aliphatic heterocycles. The van der Waals surface area contributed by atoms with Crippen molar-refractivity contribution >= 4 is 11.6 Å². The first-order valence-electron chi connectivity index (χ1n) is 6.87. The van der Waals surface area contributed by atoms with Crippen molar-refractivity contribution in [2.75, 3.05) is 32.1 Å². The van der Waals surface area contributed by atoms with Crippen LogP contribution in [-0.4, -0.2) is 39.1 Å². The van der Waals surface area contributed by atoms with Crippen LogP contribution in [-0.2, 0) is 0 Å². The van der Waals surface area contributed by atoms with E-state index in [0.717, 1.165) is 30.8 Å². The van der Waals surface area contributed by atoms with Gasteiger partial charge in [0, 0.05) is 31.4 Å². The van der Waals surface area contributed by atoms with Gasteiger partial charge in [0.15, 0.2) is 0 Å². The van der Waals surface area contributed by atoms with E-state index in [-0.39, 0.29) is 11.9 Å². The third kappa shape index (κ3) is 3.47. The maximum atomic E-state index is 12.2. The first-order valence-corrected chi connectivity index (χ1v) is 6.87. The Bertz CT molecular complexity index is 428. The maximum Gasteiger partial charge on any atom is 0.251 e. The molecule has 1 saturated heterocycles. The molecule has 4 heteroatoms. The van der Waals surface area contributed by atoms with Crippen molar-refractivity contribution < 1.29 is 4.79 Å². The molecule has 104 valence electrons. The van der Waals surface area contributed by atoms with E-state index in [1.165, 1.54) is 0 Å². The highest BCUT2D eigenvalue weighted by Crippen LogP contribution is 2.14. The summed E-state index contributed by atoms with van der Waals surface area (Å²) in [6.45, 7) is 4.13. The predicted octanol–water partition coefficient (Wildman–Crippen LogP) is 1.48. The van der Waals surface area contributed by atoms with Gasteiger partial charge in [-0.05, 0) is 49.7 Å². The van der Waals surface area contributed by atoms with Crippen LogP contribution in [0.15, 0.2) is 24.3 Å². The Morgan fingerprint density at radius 2 is 2.00 bits per heavy atom. The Morgan fingerprint density at radius 1 is 1.32 bits per heavy atom. The van der Waals surface area contributed by atoms with Crippen molar-refractivity contribution in [3.8, 4) is 0 Å². The number of hydrogen-bond donors (Lipinski definition) is 2. The lowest BCUT2D eigenvalue weighted by atomic mass is 9.95. The van der Waals surface area contributed by atoms with Crippen LogP contribution >= 0.6 is 0 Å². The first-order chi connectivity index (χ1) is 9.08. The molecular formula is C15H23N3O. The number of benzene rings is 1. The minimum atomic E-state index is 0.0315. The normalized spacial score (nSPS) is 22.9. The molecule has 1 aromatic rings. The Balaban J connectivity index is 1.99. The molecule has 0 spiro atoms. The number of nitrogens with one attached hydrogen (secondary N) is 2. The number of hydrogen-bond acceptors (Lipinski definition) is 3. The Morgan fingerprint density at radius 3 is 2.58 bits per heavy atom. The van der Waals surface area contributed by atoms with E-state index in [4.69, 9.17) is 0 Å². The molecule has 2 N–H and O–H groups in total. The van der Waals surface area contributed by atoms with Crippen molar-refractivity contribution in [2.24, 2.45) is 5.92 Å². The minimum Gasteiger partial charge on any atom is -0.378 e. The summed E-state index contributed by atoms with van der Waals surface area (Å²) in [5, 5.41) is 6.48. The minimum absolute atomic E-state index is 0.0315. The lowest BCUT2D eigenvalue weighted by molar-refractivity contribution is 0.0914. The third-order valence-corrected chi connectivity index (χ3v) is 3.75. The zero-order chi connectivity index (χ0) is 13.8. The SMILES string of the molecule is CC1CNCCC1NC(=O)c1ccc(N(C)C)cc1. The molecule has 0 bridgehead atoms. The molecule has 19 heavy (non-hydrogen) atoms. The molecule has 4 nitrogen and oxygen atoms in total. The highest BCUT2D eigenvalue weighted by atomic mass is 16.1. The van der Waals surface area contributed by atoms with E-state index in [9.17, 15) is 4.79 Å². The van der Waals surface area contributed by atoms with E-state index in [1.54, 1.807) is 0 Å². The van der Waals surface area contributed by atoms with Gasteiger partial charge in [-0.1, -0.05) is 6.92 Å². The van der Waals surface area contributed by atoms with Gasteiger partial charge in [0.05, 0.1) is 0 Å². The van der Waals surface area contributed by atoms with E-state index in [1.807, 2.05) is 43.3 Å². The lowest BCUT2D eigenvalue weighted by Crippen LogP contribution is -2.48. The van der Waals surface area contributed by atoms with Gasteiger partial charge in [-0.25, -0.2) is 0 Å². The van der Waals surface area contributed by atoms with Gasteiger partial charge in [0.2, 0.25) is 0 Å². The summed E-state index contributed by atoms with van der Waals surface area (Å²) in [6.07, 6.45) is 1.00. The van der Waals surface area contributed by atoms with Crippen molar-refractivity contribution in [1.29, 1.82) is 0 Å². The molecule has 0 aliphatic carbocycles. The molecular weight excluding hydrogens is 238 g/mol. The monoisotopic (exact) mass is 261 g/mol. The molecule has 0 radical (unpaired) electrons. The van der Waals surface area contributed by atoms with Crippen molar-refractivity contribution in [1.82, 2.24) is 10.6 Å². The first kappa shape index (κ1) is 13.9. The largest absolute Gasteiger partial charge is 0.378 e. The summed E-state index contributed by atoms with van der Waals surface area (Å²) >= 11 is 0. The summed E-state index contributed by atoms with van der Waals surface area (Å²) in [6, 6.07) is 8.00. The number of carbonyl (C=O) groups is 1. The van der Waals surface area contributed by atoms with Gasteiger partial charge in [-0.2, -0.15) is 0 Å². The van der Waals surface area contributed by atoms with Gasteiger partial charge in [0.1, 0.15) is 0 Å². The molecule has 1 aliphatic rings. The van der Waals surface area contributed by atoms with E-state index >= 15 is 0 Å². The van der Waals surface area contributed by atoms with Crippen LogP contribution in [0.25, 0.3) is 0 Å². The number of amides is 1. The fraction of sp³-hybridized carbons (Fsp3) is 0.533. The number of piperidine rings is 1. The summed E-state index contributed by atoms with van der Waals surface area (Å²) in [4.78, 5) is 14.2. The number of anilines is 1. The fourth-order valence-electron chi connectivity index (χ4n) is 2.39. The third-order valence-electron chi connectivity index (χ3n) is 3.75. The lowest BCUT2D eigenvalue weighted by Gasteiger charge is -2.30. The topological polar surface area (TPSA) is 44.4 Å². The van der Waals surface area contributed by atoms with E-state index in [2.05, 4.69) is 17.6 Å². The van der Waals surface area contributed by atoms with Crippen LogP contribution in [0.1, 0.15) is 23.7 Å². The summed E-state index contributed by atoms with van der Waals surface area (Å²) < 4.78 is 0. The van der Waals surface area contributed by atoms with Gasteiger partial charge >= 0.3 is 0 Å². The molecule has 1 fully saturated rings. The average Bonchev–Trinajstić information content (AvgIpc) is 2.41. The van der Waals surface area contributed by atoms with Crippen LogP contribution < -0.4 is 15.5 Å². The summed E-state index contributed by atoms with van der Waals surface area (Å²) in [7, 11) is 3.98. The second-order valence-electron chi connectivity index (χ2n) is 5.49. The van der Waals surface area contributed by atoms with E-state index < -0.39 is 0 Å². The highest BCUT2D eigenvalue weighted by molar-refractivity contribution is 5.94. The maximum absolute atomic E-state index is 12.2. The van der Waals surface area contributed by atoms with Gasteiger partial charge < -0.3 is 15.5 Å². The van der Waals surface area contributed by atoms with Gasteiger partial charge in [-0.3, -0.25) is 4.79 Å². The average molecular weight is 261 g/mol. The Hall–Kier alpha value is -1.55. The predicted molar refractivity (Wildman–Crippen MR) is 78.7 cm³/mol. The second kappa shape index (κ2) is 6.06. The number of carbonyl (C=O) groups excluding carboxylic acids is 1. The Labute approximate surface area is 115 Å². The highest BCUT2D eigenvalue weighted by Gasteiger charge is 2.22. The molecule has 2 rings (SSSR count). The van der Waals surface area contributed by atoms with Crippen LogP contribution in [0, 0.1) is 5.92 Å². The van der Waals surface area contributed by atoms with Crippen molar-refractivity contribution in [3.63, 3.8) is 0 Å². The summed E-state index contributed by atoms with van der Waals surface area (Å²) in [5.74, 6) is 0.516. The van der Waals surface area contributed by atoms with Crippen molar-refractivity contribution in [3.05, 3.63) is 29.8 Å². The Kier molecular flexibility index (Phi) is 4.43. The van der Waals surface area contributed by atoms with Crippen molar-refractivity contribution in [2.45, 2.75) is 19.4 Å². The molecule has 0 aromatic heterocycles. The molecule has 0 saturated carbocycles. The number of nitrogens with zero attached hydrogens (tertiary/aromatic N) is 1. The molecule has 2 atom stereocenters. The zero-order valence-electron chi connectivity index (χ0n) is 11.9. The molecule has 1 aromatic carbocycles. The van der Waals surface area contributed by atoms with Crippen LogP contribution in [0.5, 0.6) is 0 Å². The smallest absolute Gasteiger partial charge is 0.251 e. The molecule has 1 amide bonds. The van der Waals surface area contributed by atoms with Crippen LogP contribution in [0.2, 0.25) is 0 Å². The van der Waals surface area contributed by atoms with Gasteiger partial charge in [-0.15, -0.1) is 0 Å². The number of rotatable bonds is 3. The molecule has 1 heterocycles. The quantitative estimate of drug-likeness (QED) is 0.866. The second-order valence-corrected chi connectivity index (χ2v) is 5.49. The van der Waals surface area contributed by atoms with Gasteiger partial charge in [0.25, 0.3) is 5.91 Å². The fourth-order valence-corrected chi connectivity index (χ4v) is 2.39. The van der Waals surface area contributed by atoms with Crippen LogP contribution in [0.4, 0.5) is 5.69 Å². The molecule has 2 unspecified atom stereocenters. The zero-order valence-corrected chi connectivity index (χ0v) is 11.9. The standard InChI is InChI=1S/C15H23N3O/c1-11-10-16-9-8-14(11)17-15(19)12-4-6-13(7-5-12)18(2)3/h4-7,11,14,16H,8-10H2,1-3H3,(H,17,19). The van der Waals surface area contributed by atoms with Crippen LogP contribution in [0.3, 0.4) is 0 Å².